The van der Waals surface area contributed by atoms with Crippen LogP contribution in [0.15, 0.2) is 23.9 Å². The molecule has 0 aliphatic carbocycles. The Labute approximate surface area is 145 Å². The fraction of sp³-hybridized carbons (Fsp3) is 0.353. The van der Waals surface area contributed by atoms with Gasteiger partial charge in [-0.2, -0.15) is 0 Å². The van der Waals surface area contributed by atoms with E-state index >= 15 is 0 Å². The zero-order valence-corrected chi connectivity index (χ0v) is 14.5. The lowest BCUT2D eigenvalue weighted by Gasteiger charge is -2.15. The first kappa shape index (κ1) is 18.3. The number of ether oxygens (including phenoxy) is 3. The maximum atomic E-state index is 12.3. The molecule has 1 N–H and O–H groups in total. The van der Waals surface area contributed by atoms with Crippen molar-refractivity contribution < 1.29 is 28.6 Å². The molecule has 1 fully saturated rings. The van der Waals surface area contributed by atoms with Crippen molar-refractivity contribution >= 4 is 24.0 Å². The average Bonchev–Trinajstić information content (AvgIpc) is 2.82. The molecule has 1 aliphatic heterocycles. The number of hydrogen-bond acceptors (Lipinski definition) is 6. The minimum absolute atomic E-state index is 0.0360. The number of imide groups is 1. The summed E-state index contributed by atoms with van der Waals surface area (Å²) in [7, 11) is 2.67. The summed E-state index contributed by atoms with van der Waals surface area (Å²) in [5.74, 6) is -0.338. The van der Waals surface area contributed by atoms with Crippen LogP contribution < -0.4 is 14.8 Å². The lowest BCUT2D eigenvalue weighted by molar-refractivity contribution is -0.143. The number of carbonyl (C=O) groups excluding carboxylic acids is 3. The number of carbonyl (C=O) groups is 3. The van der Waals surface area contributed by atoms with E-state index in [0.717, 1.165) is 4.90 Å². The highest BCUT2D eigenvalue weighted by atomic mass is 16.5. The summed E-state index contributed by atoms with van der Waals surface area (Å²) in [4.78, 5) is 36.3. The van der Waals surface area contributed by atoms with E-state index in [1.54, 1.807) is 18.2 Å². The molecule has 134 valence electrons. The normalized spacial score (nSPS) is 15.6. The third kappa shape index (κ3) is 4.09. The third-order valence-corrected chi connectivity index (χ3v) is 3.35. The van der Waals surface area contributed by atoms with Crippen LogP contribution in [0, 0.1) is 0 Å². The molecule has 0 atom stereocenters. The number of nitrogens with one attached hydrogen (secondary N) is 1. The predicted molar refractivity (Wildman–Crippen MR) is 89.0 cm³/mol. The summed E-state index contributed by atoms with van der Waals surface area (Å²) >= 11 is 0. The molecule has 1 aliphatic rings. The van der Waals surface area contributed by atoms with Gasteiger partial charge in [0.2, 0.25) is 0 Å². The number of esters is 1. The molecule has 0 spiro atoms. The van der Waals surface area contributed by atoms with Crippen LogP contribution in [-0.4, -0.2) is 49.7 Å². The average molecular weight is 348 g/mol. The van der Waals surface area contributed by atoms with Crippen LogP contribution in [-0.2, 0) is 14.3 Å². The van der Waals surface area contributed by atoms with Gasteiger partial charge in [-0.05, 0) is 26.0 Å². The number of rotatable bonds is 6. The fourth-order valence-corrected chi connectivity index (χ4v) is 2.28. The van der Waals surface area contributed by atoms with Gasteiger partial charge in [-0.3, -0.25) is 9.59 Å². The molecule has 1 saturated heterocycles. The molecule has 8 nitrogen and oxygen atoms in total. The van der Waals surface area contributed by atoms with E-state index in [1.165, 1.54) is 20.3 Å². The van der Waals surface area contributed by atoms with E-state index in [1.807, 2.05) is 13.8 Å². The standard InChI is InChI=1S/C17H20N2O6/c1-10(2)25-13-7-5-6-11(15(13)24-4)8-12-16(21)19(17(22)18-12)9-14(20)23-3/h5-8,10H,9H2,1-4H3,(H,18,22). The van der Waals surface area contributed by atoms with Gasteiger partial charge in [0.05, 0.1) is 20.3 Å². The highest BCUT2D eigenvalue weighted by molar-refractivity contribution is 6.15. The quantitative estimate of drug-likeness (QED) is 0.476. The van der Waals surface area contributed by atoms with Gasteiger partial charge in [0.25, 0.3) is 5.91 Å². The van der Waals surface area contributed by atoms with Crippen molar-refractivity contribution in [3.05, 3.63) is 29.5 Å². The maximum absolute atomic E-state index is 12.3. The number of nitrogens with zero attached hydrogens (tertiary/aromatic N) is 1. The van der Waals surface area contributed by atoms with Crippen LogP contribution in [0.25, 0.3) is 6.08 Å². The summed E-state index contributed by atoms with van der Waals surface area (Å²) in [6, 6.07) is 4.54. The molecule has 0 aromatic heterocycles. The van der Waals surface area contributed by atoms with Gasteiger partial charge in [-0.1, -0.05) is 12.1 Å². The first-order valence-electron chi connectivity index (χ1n) is 7.62. The van der Waals surface area contributed by atoms with E-state index < -0.39 is 24.5 Å². The molecule has 1 aromatic carbocycles. The van der Waals surface area contributed by atoms with Crippen molar-refractivity contribution in [2.75, 3.05) is 20.8 Å². The molecule has 2 rings (SSSR count). The number of hydrogen-bond donors (Lipinski definition) is 1. The van der Waals surface area contributed by atoms with Gasteiger partial charge in [-0.25, -0.2) is 9.69 Å². The Hall–Kier alpha value is -3.03. The number of amides is 3. The van der Waals surface area contributed by atoms with Crippen LogP contribution in [0.5, 0.6) is 11.5 Å². The van der Waals surface area contributed by atoms with E-state index in [4.69, 9.17) is 9.47 Å². The highest BCUT2D eigenvalue weighted by Gasteiger charge is 2.35. The Morgan fingerprint density at radius 2 is 2.00 bits per heavy atom. The molecule has 0 unspecified atom stereocenters. The van der Waals surface area contributed by atoms with Crippen molar-refractivity contribution in [1.29, 1.82) is 0 Å². The van der Waals surface area contributed by atoms with E-state index in [0.29, 0.717) is 17.1 Å². The largest absolute Gasteiger partial charge is 0.492 e. The molecule has 0 bridgehead atoms. The van der Waals surface area contributed by atoms with Crippen molar-refractivity contribution in [3.63, 3.8) is 0 Å². The van der Waals surface area contributed by atoms with Gasteiger partial charge in [-0.15, -0.1) is 0 Å². The molecular formula is C17H20N2O6. The fourth-order valence-electron chi connectivity index (χ4n) is 2.28. The van der Waals surface area contributed by atoms with Crippen LogP contribution in [0.1, 0.15) is 19.4 Å². The van der Waals surface area contributed by atoms with Crippen LogP contribution >= 0.6 is 0 Å². The minimum Gasteiger partial charge on any atom is -0.492 e. The Morgan fingerprint density at radius 3 is 2.60 bits per heavy atom. The second-order valence-electron chi connectivity index (χ2n) is 5.50. The molecule has 3 amide bonds. The Kier molecular flexibility index (Phi) is 5.63. The summed E-state index contributed by atoms with van der Waals surface area (Å²) in [6.07, 6.45) is 1.42. The zero-order chi connectivity index (χ0) is 18.6. The summed E-state index contributed by atoms with van der Waals surface area (Å²) in [5.41, 5.74) is 0.595. The predicted octanol–water partition coefficient (Wildman–Crippen LogP) is 1.55. The zero-order valence-electron chi connectivity index (χ0n) is 14.5. The van der Waals surface area contributed by atoms with Crippen LogP contribution in [0.4, 0.5) is 4.79 Å². The Morgan fingerprint density at radius 1 is 1.28 bits per heavy atom. The minimum atomic E-state index is -0.685. The summed E-state index contributed by atoms with van der Waals surface area (Å²) in [6.45, 7) is 3.32. The first-order chi connectivity index (χ1) is 11.9. The molecule has 8 heteroatoms. The van der Waals surface area contributed by atoms with Gasteiger partial charge in [0.1, 0.15) is 12.2 Å². The first-order valence-corrected chi connectivity index (χ1v) is 7.62. The van der Waals surface area contributed by atoms with Crippen molar-refractivity contribution in [2.45, 2.75) is 20.0 Å². The molecule has 1 aromatic rings. The van der Waals surface area contributed by atoms with Crippen molar-refractivity contribution in [1.82, 2.24) is 10.2 Å². The van der Waals surface area contributed by atoms with E-state index in [2.05, 4.69) is 10.1 Å². The van der Waals surface area contributed by atoms with Crippen LogP contribution in [0.3, 0.4) is 0 Å². The molecule has 1 heterocycles. The number of benzene rings is 1. The summed E-state index contributed by atoms with van der Waals surface area (Å²) < 4.78 is 15.5. The topological polar surface area (TPSA) is 94.2 Å². The lowest BCUT2D eigenvalue weighted by atomic mass is 10.1. The Bertz CT molecular complexity index is 726. The highest BCUT2D eigenvalue weighted by Crippen LogP contribution is 2.33. The van der Waals surface area contributed by atoms with E-state index in [9.17, 15) is 14.4 Å². The SMILES string of the molecule is COC(=O)CN1C(=O)NC(=Cc2cccc(OC(C)C)c2OC)C1=O. The maximum Gasteiger partial charge on any atom is 0.329 e. The molecule has 0 radical (unpaired) electrons. The van der Waals surface area contributed by atoms with Crippen molar-refractivity contribution in [3.8, 4) is 11.5 Å². The third-order valence-electron chi connectivity index (χ3n) is 3.35. The van der Waals surface area contributed by atoms with Crippen LogP contribution in [0.2, 0.25) is 0 Å². The monoisotopic (exact) mass is 348 g/mol. The molecular weight excluding hydrogens is 328 g/mol. The van der Waals surface area contributed by atoms with Gasteiger partial charge in [0, 0.05) is 5.56 Å². The number of methoxy groups -OCH3 is 2. The van der Waals surface area contributed by atoms with E-state index in [-0.39, 0.29) is 11.8 Å². The smallest absolute Gasteiger partial charge is 0.329 e. The lowest BCUT2D eigenvalue weighted by Crippen LogP contribution is -2.36. The van der Waals surface area contributed by atoms with Crippen molar-refractivity contribution in [2.24, 2.45) is 0 Å². The van der Waals surface area contributed by atoms with Gasteiger partial charge < -0.3 is 19.5 Å². The molecule has 25 heavy (non-hydrogen) atoms. The van der Waals surface area contributed by atoms with Gasteiger partial charge in [0.15, 0.2) is 11.5 Å². The summed E-state index contributed by atoms with van der Waals surface area (Å²) in [5, 5.41) is 2.44. The second-order valence-corrected chi connectivity index (χ2v) is 5.50. The Balaban J connectivity index is 2.33. The number of urea groups is 1. The second kappa shape index (κ2) is 7.69. The molecule has 0 saturated carbocycles. The number of para-hydroxylation sites is 1. The van der Waals surface area contributed by atoms with Gasteiger partial charge >= 0.3 is 12.0 Å².